The number of rotatable bonds is 5. The normalized spacial score (nSPS) is 10.6. The van der Waals surface area contributed by atoms with Crippen molar-refractivity contribution in [3.05, 3.63) is 35.5 Å². The van der Waals surface area contributed by atoms with Gasteiger partial charge in [0, 0.05) is 5.69 Å². The minimum absolute atomic E-state index is 0.237. The molecule has 18 heavy (non-hydrogen) atoms. The fourth-order valence-electron chi connectivity index (χ4n) is 1.45. The van der Waals surface area contributed by atoms with Crippen molar-refractivity contribution >= 4 is 11.7 Å². The number of aryl methyl sites for hydroxylation is 1. The minimum atomic E-state index is -0.237. The van der Waals surface area contributed by atoms with Crippen molar-refractivity contribution in [2.45, 2.75) is 20.4 Å². The van der Waals surface area contributed by atoms with Gasteiger partial charge >= 0.3 is 6.01 Å². The summed E-state index contributed by atoms with van der Waals surface area (Å²) < 4.78 is 18.5. The van der Waals surface area contributed by atoms with Crippen molar-refractivity contribution in [1.29, 1.82) is 0 Å². The lowest BCUT2D eigenvalue weighted by molar-refractivity contribution is 0.484. The van der Waals surface area contributed by atoms with Crippen molar-refractivity contribution in [3.63, 3.8) is 0 Å². The van der Waals surface area contributed by atoms with E-state index in [0.29, 0.717) is 29.7 Å². The van der Waals surface area contributed by atoms with Crippen LogP contribution in [0.2, 0.25) is 0 Å². The zero-order valence-corrected chi connectivity index (χ0v) is 10.3. The molecular weight excluding hydrogens is 235 g/mol. The topological polar surface area (TPSA) is 63.0 Å². The maximum absolute atomic E-state index is 13.1. The van der Waals surface area contributed by atoms with Gasteiger partial charge in [-0.15, -0.1) is 5.10 Å². The van der Waals surface area contributed by atoms with Crippen molar-refractivity contribution < 1.29 is 8.81 Å². The molecule has 1 aromatic carbocycles. The van der Waals surface area contributed by atoms with E-state index >= 15 is 0 Å². The first kappa shape index (κ1) is 12.5. The van der Waals surface area contributed by atoms with Gasteiger partial charge in [-0.25, -0.2) is 4.39 Å². The Morgan fingerprint density at radius 1 is 1.33 bits per heavy atom. The molecule has 1 aromatic heterocycles. The monoisotopic (exact) mass is 250 g/mol. The van der Waals surface area contributed by atoms with Gasteiger partial charge in [0.2, 0.25) is 5.89 Å². The Balaban J connectivity index is 2.04. The molecule has 0 bridgehead atoms. The molecule has 0 aliphatic rings. The fourth-order valence-corrected chi connectivity index (χ4v) is 1.45. The number of anilines is 2. The van der Waals surface area contributed by atoms with Crippen LogP contribution in [-0.2, 0) is 6.54 Å². The van der Waals surface area contributed by atoms with Gasteiger partial charge in [-0.05, 0) is 37.2 Å². The third kappa shape index (κ3) is 3.04. The first-order chi connectivity index (χ1) is 8.69. The van der Waals surface area contributed by atoms with Crippen LogP contribution in [-0.4, -0.2) is 16.7 Å². The second kappa shape index (κ2) is 5.59. The largest absolute Gasteiger partial charge is 0.406 e. The zero-order chi connectivity index (χ0) is 13.0. The van der Waals surface area contributed by atoms with E-state index in [1.54, 1.807) is 19.1 Å². The van der Waals surface area contributed by atoms with Crippen LogP contribution in [0.15, 0.2) is 22.6 Å². The molecule has 96 valence electrons. The summed E-state index contributed by atoms with van der Waals surface area (Å²) in [7, 11) is 0. The molecule has 0 spiro atoms. The molecule has 0 aliphatic heterocycles. The number of hydrogen-bond donors (Lipinski definition) is 2. The third-order valence-electron chi connectivity index (χ3n) is 2.40. The van der Waals surface area contributed by atoms with E-state index in [2.05, 4.69) is 20.8 Å². The SMILES string of the molecule is CCNCc1nnc(Nc2ccc(F)c(C)c2)o1. The second-order valence-corrected chi connectivity index (χ2v) is 3.87. The van der Waals surface area contributed by atoms with Crippen molar-refractivity contribution in [3.8, 4) is 0 Å². The maximum Gasteiger partial charge on any atom is 0.320 e. The Morgan fingerprint density at radius 2 is 2.17 bits per heavy atom. The Hall–Kier alpha value is -1.95. The summed E-state index contributed by atoms with van der Waals surface area (Å²) in [5.74, 6) is 0.275. The average molecular weight is 250 g/mol. The van der Waals surface area contributed by atoms with Gasteiger partial charge in [-0.3, -0.25) is 0 Å². The summed E-state index contributed by atoms with van der Waals surface area (Å²) in [5.41, 5.74) is 1.28. The van der Waals surface area contributed by atoms with Crippen LogP contribution >= 0.6 is 0 Å². The van der Waals surface area contributed by atoms with E-state index in [4.69, 9.17) is 4.42 Å². The van der Waals surface area contributed by atoms with Gasteiger partial charge in [0.05, 0.1) is 6.54 Å². The molecular formula is C12H15FN4O. The Kier molecular flexibility index (Phi) is 3.88. The highest BCUT2D eigenvalue weighted by molar-refractivity contribution is 5.53. The van der Waals surface area contributed by atoms with Crippen molar-refractivity contribution in [2.75, 3.05) is 11.9 Å². The highest BCUT2D eigenvalue weighted by Gasteiger charge is 2.06. The second-order valence-electron chi connectivity index (χ2n) is 3.87. The van der Waals surface area contributed by atoms with Crippen LogP contribution < -0.4 is 10.6 Å². The molecule has 5 nitrogen and oxygen atoms in total. The first-order valence-electron chi connectivity index (χ1n) is 5.75. The molecule has 0 aliphatic carbocycles. The molecule has 6 heteroatoms. The van der Waals surface area contributed by atoms with Crippen LogP contribution in [0.4, 0.5) is 16.1 Å². The maximum atomic E-state index is 13.1. The first-order valence-corrected chi connectivity index (χ1v) is 5.75. The van der Waals surface area contributed by atoms with E-state index < -0.39 is 0 Å². The standard InChI is InChI=1S/C12H15FN4O/c1-3-14-7-11-16-17-12(18-11)15-9-4-5-10(13)8(2)6-9/h4-6,14H,3,7H2,1-2H3,(H,15,17). The quantitative estimate of drug-likeness (QED) is 0.853. The van der Waals surface area contributed by atoms with E-state index in [1.807, 2.05) is 6.92 Å². The van der Waals surface area contributed by atoms with Crippen LogP contribution in [0.5, 0.6) is 0 Å². The highest BCUT2D eigenvalue weighted by atomic mass is 19.1. The Morgan fingerprint density at radius 3 is 2.89 bits per heavy atom. The third-order valence-corrected chi connectivity index (χ3v) is 2.40. The summed E-state index contributed by atoms with van der Waals surface area (Å²) in [6, 6.07) is 5.00. The molecule has 0 saturated heterocycles. The average Bonchev–Trinajstić information content (AvgIpc) is 2.79. The summed E-state index contributed by atoms with van der Waals surface area (Å²) in [5, 5.41) is 13.7. The number of aromatic nitrogens is 2. The molecule has 1 heterocycles. The molecule has 0 saturated carbocycles. The number of nitrogens with one attached hydrogen (secondary N) is 2. The molecule has 2 aromatic rings. The van der Waals surface area contributed by atoms with E-state index in [1.165, 1.54) is 6.07 Å². The van der Waals surface area contributed by atoms with Gasteiger partial charge in [-0.1, -0.05) is 12.0 Å². The van der Waals surface area contributed by atoms with Crippen LogP contribution in [0, 0.1) is 12.7 Å². The predicted octanol–water partition coefficient (Wildman–Crippen LogP) is 2.37. The molecule has 2 N–H and O–H groups in total. The lowest BCUT2D eigenvalue weighted by atomic mass is 10.2. The molecule has 0 unspecified atom stereocenters. The van der Waals surface area contributed by atoms with Crippen molar-refractivity contribution in [1.82, 2.24) is 15.5 Å². The smallest absolute Gasteiger partial charge is 0.320 e. The number of benzene rings is 1. The molecule has 0 atom stereocenters. The van der Waals surface area contributed by atoms with Gasteiger partial charge in [0.25, 0.3) is 0 Å². The van der Waals surface area contributed by atoms with Gasteiger partial charge < -0.3 is 15.1 Å². The highest BCUT2D eigenvalue weighted by Crippen LogP contribution is 2.18. The Bertz CT molecular complexity index is 527. The summed E-state index contributed by atoms with van der Waals surface area (Å²) >= 11 is 0. The lowest BCUT2D eigenvalue weighted by Crippen LogP contribution is -2.11. The van der Waals surface area contributed by atoms with Crippen LogP contribution in [0.1, 0.15) is 18.4 Å². The summed E-state index contributed by atoms with van der Waals surface area (Å²) in [6.07, 6.45) is 0. The molecule has 2 rings (SSSR count). The molecule has 0 amide bonds. The minimum Gasteiger partial charge on any atom is -0.406 e. The summed E-state index contributed by atoms with van der Waals surface area (Å²) in [4.78, 5) is 0. The Labute approximate surface area is 104 Å². The van der Waals surface area contributed by atoms with E-state index in [9.17, 15) is 4.39 Å². The van der Waals surface area contributed by atoms with Crippen molar-refractivity contribution in [2.24, 2.45) is 0 Å². The lowest BCUT2D eigenvalue weighted by Gasteiger charge is -2.02. The van der Waals surface area contributed by atoms with Gasteiger partial charge in [0.1, 0.15) is 5.82 Å². The number of halogens is 1. The fraction of sp³-hybridized carbons (Fsp3) is 0.333. The van der Waals surface area contributed by atoms with Gasteiger partial charge in [0.15, 0.2) is 0 Å². The van der Waals surface area contributed by atoms with Crippen LogP contribution in [0.25, 0.3) is 0 Å². The summed E-state index contributed by atoms with van der Waals surface area (Å²) in [6.45, 7) is 5.07. The van der Waals surface area contributed by atoms with Gasteiger partial charge in [-0.2, -0.15) is 0 Å². The number of nitrogens with zero attached hydrogens (tertiary/aromatic N) is 2. The van der Waals surface area contributed by atoms with E-state index in [0.717, 1.165) is 6.54 Å². The predicted molar refractivity (Wildman–Crippen MR) is 66.1 cm³/mol. The van der Waals surface area contributed by atoms with Crippen LogP contribution in [0.3, 0.4) is 0 Å². The molecule has 0 radical (unpaired) electrons. The number of hydrogen-bond acceptors (Lipinski definition) is 5. The molecule has 0 fully saturated rings. The van der Waals surface area contributed by atoms with E-state index in [-0.39, 0.29) is 5.82 Å². The zero-order valence-electron chi connectivity index (χ0n) is 10.3.